The number of fused-ring (bicyclic) bond motifs is 1. The number of rotatable bonds is 5. The Labute approximate surface area is 171 Å². The Morgan fingerprint density at radius 1 is 1.00 bits per heavy atom. The summed E-state index contributed by atoms with van der Waals surface area (Å²) in [6.45, 7) is 0. The minimum Gasteiger partial charge on any atom is -0.465 e. The van der Waals surface area contributed by atoms with Gasteiger partial charge >= 0.3 is 11.9 Å². The molecule has 30 heavy (non-hydrogen) atoms. The Balaban J connectivity index is 1.96. The third-order valence-corrected chi connectivity index (χ3v) is 4.51. The summed E-state index contributed by atoms with van der Waals surface area (Å²) in [5.41, 5.74) is 8.12. The summed E-state index contributed by atoms with van der Waals surface area (Å²) in [7, 11) is 2.36. The van der Waals surface area contributed by atoms with Crippen LogP contribution in [0.3, 0.4) is 0 Å². The van der Waals surface area contributed by atoms with Gasteiger partial charge in [0.05, 0.1) is 30.9 Å². The highest BCUT2D eigenvalue weighted by molar-refractivity contribution is 6.30. The Morgan fingerprint density at radius 3 is 2.17 bits per heavy atom. The van der Waals surface area contributed by atoms with Crippen LogP contribution in [0, 0.1) is 5.53 Å². The molecular weight excluding hydrogens is 390 g/mol. The van der Waals surface area contributed by atoms with Gasteiger partial charge in [0.25, 0.3) is 5.91 Å². The van der Waals surface area contributed by atoms with E-state index in [1.165, 1.54) is 38.5 Å². The van der Waals surface area contributed by atoms with Crippen LogP contribution in [-0.2, 0) is 14.3 Å². The number of methoxy groups -OCH3 is 2. The van der Waals surface area contributed by atoms with Crippen molar-refractivity contribution in [3.63, 3.8) is 0 Å². The van der Waals surface area contributed by atoms with Gasteiger partial charge in [-0.25, -0.2) is 15.1 Å². The smallest absolute Gasteiger partial charge is 0.337 e. The molecule has 0 bridgehead atoms. The number of carbonyl (C=O) groups excluding carboxylic acids is 4. The molecule has 0 saturated carbocycles. The normalized spacial score (nSPS) is 14.8. The number of benzene rings is 2. The minimum atomic E-state index is -0.772. The Kier molecular flexibility index (Phi) is 5.82. The molecule has 0 heterocycles. The van der Waals surface area contributed by atoms with Gasteiger partial charge in [0, 0.05) is 11.3 Å². The number of carbonyl (C=O) groups is 4. The van der Waals surface area contributed by atoms with Crippen molar-refractivity contribution in [2.24, 2.45) is 5.11 Å². The lowest BCUT2D eigenvalue weighted by atomic mass is 9.87. The van der Waals surface area contributed by atoms with E-state index < -0.39 is 29.7 Å². The highest BCUT2D eigenvalue weighted by Crippen LogP contribution is 2.31. The molecule has 2 aromatic carbocycles. The van der Waals surface area contributed by atoms with Crippen molar-refractivity contribution in [1.29, 1.82) is 5.53 Å². The third kappa shape index (κ3) is 3.86. The van der Waals surface area contributed by atoms with Gasteiger partial charge in [0.2, 0.25) is 0 Å². The fourth-order valence-corrected chi connectivity index (χ4v) is 3.09. The first-order chi connectivity index (χ1) is 14.4. The van der Waals surface area contributed by atoms with Crippen molar-refractivity contribution in [3.8, 4) is 0 Å². The quantitative estimate of drug-likeness (QED) is 0.444. The monoisotopic (exact) mass is 407 g/mol. The molecule has 1 aliphatic carbocycles. The van der Waals surface area contributed by atoms with E-state index in [-0.39, 0.29) is 28.0 Å². The third-order valence-electron chi connectivity index (χ3n) is 4.51. The maximum atomic E-state index is 12.8. The standard InChI is InChI=1S/C21H17N3O6/c1-29-20(27)11-7-12(21(28)30-2)9-13(8-11)23-19(26)16-10-17(24-22)14-5-3-4-6-15(14)18(16)25/h3-10,17,22H,1-2H3,(H,23,26)/t17-/m0/s1. The summed E-state index contributed by atoms with van der Waals surface area (Å²) in [6, 6.07) is 9.72. The van der Waals surface area contributed by atoms with Crippen molar-refractivity contribution >= 4 is 29.3 Å². The topological polar surface area (TPSA) is 135 Å². The first kappa shape index (κ1) is 20.6. The fourth-order valence-electron chi connectivity index (χ4n) is 3.09. The molecule has 152 valence electrons. The van der Waals surface area contributed by atoms with Crippen LogP contribution in [0.2, 0.25) is 0 Å². The van der Waals surface area contributed by atoms with Crippen LogP contribution in [0.15, 0.2) is 59.2 Å². The molecule has 1 aliphatic rings. The van der Waals surface area contributed by atoms with Crippen LogP contribution in [0.5, 0.6) is 0 Å². The zero-order chi connectivity index (χ0) is 21.8. The van der Waals surface area contributed by atoms with E-state index in [2.05, 4.69) is 19.9 Å². The van der Waals surface area contributed by atoms with Crippen LogP contribution in [-0.4, -0.2) is 37.8 Å². The summed E-state index contributed by atoms with van der Waals surface area (Å²) < 4.78 is 9.33. The van der Waals surface area contributed by atoms with Gasteiger partial charge in [-0.05, 0) is 29.8 Å². The molecule has 2 aromatic rings. The number of Topliss-reactive ketones (excluding diaryl/α,β-unsaturated/α-hetero) is 1. The second kappa shape index (κ2) is 8.48. The largest absolute Gasteiger partial charge is 0.465 e. The average Bonchev–Trinajstić information content (AvgIpc) is 2.78. The van der Waals surface area contributed by atoms with E-state index in [0.29, 0.717) is 5.56 Å². The van der Waals surface area contributed by atoms with Crippen LogP contribution in [0.4, 0.5) is 5.69 Å². The molecule has 2 N–H and O–H groups in total. The summed E-state index contributed by atoms with van der Waals surface area (Å²) in [4.78, 5) is 49.4. The van der Waals surface area contributed by atoms with E-state index in [9.17, 15) is 19.2 Å². The molecule has 9 nitrogen and oxygen atoms in total. The number of nitrogens with zero attached hydrogens (tertiary/aromatic N) is 1. The van der Waals surface area contributed by atoms with Crippen molar-refractivity contribution in [3.05, 3.63) is 76.4 Å². The molecule has 1 atom stereocenters. The van der Waals surface area contributed by atoms with E-state index in [1.807, 2.05) is 0 Å². The van der Waals surface area contributed by atoms with Crippen molar-refractivity contribution in [1.82, 2.24) is 0 Å². The maximum Gasteiger partial charge on any atom is 0.337 e. The van der Waals surface area contributed by atoms with E-state index in [0.717, 1.165) is 0 Å². The molecule has 0 fully saturated rings. The number of nitrogens with one attached hydrogen (secondary N) is 2. The van der Waals surface area contributed by atoms with Crippen molar-refractivity contribution < 1.29 is 28.7 Å². The number of ketones is 1. The van der Waals surface area contributed by atoms with Gasteiger partial charge in [0.15, 0.2) is 5.78 Å². The van der Waals surface area contributed by atoms with Gasteiger partial charge in [0.1, 0.15) is 6.04 Å². The molecule has 1 amide bonds. The summed E-state index contributed by atoms with van der Waals surface area (Å²) in [6.07, 6.45) is 1.30. The lowest BCUT2D eigenvalue weighted by Crippen LogP contribution is -2.25. The maximum absolute atomic E-state index is 12.8. The number of amides is 1. The molecule has 0 radical (unpaired) electrons. The Morgan fingerprint density at radius 2 is 1.60 bits per heavy atom. The van der Waals surface area contributed by atoms with Gasteiger partial charge in [-0.3, -0.25) is 9.59 Å². The summed E-state index contributed by atoms with van der Waals surface area (Å²) in [5.74, 6) is -2.71. The van der Waals surface area contributed by atoms with Crippen LogP contribution < -0.4 is 5.32 Å². The van der Waals surface area contributed by atoms with Crippen molar-refractivity contribution in [2.75, 3.05) is 19.5 Å². The fraction of sp³-hybridized carbons (Fsp3) is 0.143. The number of hydrogen-bond donors (Lipinski definition) is 2. The van der Waals surface area contributed by atoms with Crippen LogP contribution in [0.25, 0.3) is 0 Å². The highest BCUT2D eigenvalue weighted by Gasteiger charge is 2.30. The zero-order valence-electron chi connectivity index (χ0n) is 16.1. The van der Waals surface area contributed by atoms with Gasteiger partial charge in [-0.15, -0.1) is 0 Å². The molecule has 0 aromatic heterocycles. The summed E-state index contributed by atoms with van der Waals surface area (Å²) >= 11 is 0. The molecule has 3 rings (SSSR count). The second-order valence-corrected chi connectivity index (χ2v) is 6.31. The Hall–Kier alpha value is -4.14. The zero-order valence-corrected chi connectivity index (χ0v) is 16.1. The number of ether oxygens (including phenoxy) is 2. The molecule has 0 spiro atoms. The molecule has 0 saturated heterocycles. The summed E-state index contributed by atoms with van der Waals surface area (Å²) in [5, 5.41) is 5.99. The second-order valence-electron chi connectivity index (χ2n) is 6.31. The minimum absolute atomic E-state index is 0.0176. The highest BCUT2D eigenvalue weighted by atomic mass is 16.5. The van der Waals surface area contributed by atoms with Crippen LogP contribution >= 0.6 is 0 Å². The average molecular weight is 407 g/mol. The van der Waals surface area contributed by atoms with E-state index >= 15 is 0 Å². The number of esters is 2. The molecular formula is C21H17N3O6. The SMILES string of the molecule is COC(=O)c1cc(NC(=O)C2=C[C@H](N=N)c3ccccc3C2=O)cc(C(=O)OC)c1. The first-order valence-electron chi connectivity index (χ1n) is 8.74. The van der Waals surface area contributed by atoms with Gasteiger partial charge in [-0.2, -0.15) is 5.11 Å². The lowest BCUT2D eigenvalue weighted by molar-refractivity contribution is -0.112. The number of hydrogen-bond acceptors (Lipinski definition) is 8. The number of anilines is 1. The van der Waals surface area contributed by atoms with E-state index in [4.69, 9.17) is 5.53 Å². The van der Waals surface area contributed by atoms with Crippen LogP contribution in [0.1, 0.15) is 42.7 Å². The van der Waals surface area contributed by atoms with Gasteiger partial charge < -0.3 is 14.8 Å². The van der Waals surface area contributed by atoms with Gasteiger partial charge in [-0.1, -0.05) is 24.3 Å². The predicted molar refractivity (Wildman–Crippen MR) is 104 cm³/mol. The first-order valence-corrected chi connectivity index (χ1v) is 8.74. The molecule has 0 unspecified atom stereocenters. The lowest BCUT2D eigenvalue weighted by Gasteiger charge is -2.20. The Bertz CT molecular complexity index is 1070. The molecule has 9 heteroatoms. The predicted octanol–water partition coefficient (Wildman–Crippen LogP) is 3.09. The molecule has 0 aliphatic heterocycles. The van der Waals surface area contributed by atoms with E-state index in [1.54, 1.807) is 24.3 Å². The van der Waals surface area contributed by atoms with Crippen molar-refractivity contribution in [2.45, 2.75) is 6.04 Å².